The summed E-state index contributed by atoms with van der Waals surface area (Å²) in [5, 5.41) is 6.96. The summed E-state index contributed by atoms with van der Waals surface area (Å²) in [5.74, 6) is 0.204. The Morgan fingerprint density at radius 1 is 1.24 bits per heavy atom. The Labute approximate surface area is 119 Å². The number of anilines is 3. The minimum absolute atomic E-state index is 0.0482. The van der Waals surface area contributed by atoms with Gasteiger partial charge in [-0.25, -0.2) is 9.07 Å². The molecular weight excluding hydrogens is 273 g/mol. The first kappa shape index (κ1) is 13.0. The van der Waals surface area contributed by atoms with E-state index in [2.05, 4.69) is 25.4 Å². The fraction of sp³-hybridized carbons (Fsp3) is 0.0769. The van der Waals surface area contributed by atoms with Crippen molar-refractivity contribution in [2.45, 2.75) is 6.92 Å². The fourth-order valence-electron chi connectivity index (χ4n) is 1.78. The molecule has 0 fully saturated rings. The summed E-state index contributed by atoms with van der Waals surface area (Å²) in [4.78, 5) is 12.2. The zero-order valence-electron chi connectivity index (χ0n) is 11.2. The van der Waals surface area contributed by atoms with Crippen molar-refractivity contribution in [3.05, 3.63) is 48.0 Å². The molecule has 0 aliphatic heterocycles. The van der Waals surface area contributed by atoms with Crippen molar-refractivity contribution >= 4 is 17.6 Å². The van der Waals surface area contributed by atoms with Gasteiger partial charge in [0, 0.05) is 18.1 Å². The van der Waals surface area contributed by atoms with Gasteiger partial charge in [0.15, 0.2) is 0 Å². The highest BCUT2D eigenvalue weighted by Crippen LogP contribution is 2.20. The summed E-state index contributed by atoms with van der Waals surface area (Å²) in [6.45, 7) is 1.85. The van der Waals surface area contributed by atoms with Gasteiger partial charge < -0.3 is 11.1 Å². The molecule has 0 bridgehead atoms. The molecule has 0 atom stereocenters. The van der Waals surface area contributed by atoms with E-state index in [1.54, 1.807) is 24.5 Å². The van der Waals surface area contributed by atoms with Gasteiger partial charge in [-0.1, -0.05) is 6.07 Å². The highest BCUT2D eigenvalue weighted by atomic mass is 19.1. The molecule has 0 radical (unpaired) electrons. The molecule has 106 valence electrons. The van der Waals surface area contributed by atoms with E-state index >= 15 is 0 Å². The van der Waals surface area contributed by atoms with Crippen LogP contribution >= 0.6 is 0 Å². The van der Waals surface area contributed by atoms with Gasteiger partial charge in [-0.15, -0.1) is 0 Å². The van der Waals surface area contributed by atoms with Crippen molar-refractivity contribution in [3.63, 3.8) is 0 Å². The Morgan fingerprint density at radius 2 is 2.10 bits per heavy atom. The molecule has 1 aromatic carbocycles. The lowest BCUT2D eigenvalue weighted by Gasteiger charge is -2.09. The highest BCUT2D eigenvalue weighted by Gasteiger charge is 2.08. The number of aryl methyl sites for hydroxylation is 1. The number of nitrogens with one attached hydrogen (secondary N) is 1. The van der Waals surface area contributed by atoms with Gasteiger partial charge in [0.05, 0.1) is 0 Å². The lowest BCUT2D eigenvalue weighted by molar-refractivity contribution is 0.628. The van der Waals surface area contributed by atoms with Crippen LogP contribution < -0.4 is 11.1 Å². The number of aromatic nitrogens is 5. The monoisotopic (exact) mass is 285 g/mol. The van der Waals surface area contributed by atoms with E-state index < -0.39 is 0 Å². The minimum Gasteiger partial charge on any atom is -0.368 e. The zero-order chi connectivity index (χ0) is 14.8. The molecule has 0 aliphatic carbocycles. The van der Waals surface area contributed by atoms with Crippen LogP contribution in [0, 0.1) is 12.7 Å². The Kier molecular flexibility index (Phi) is 3.19. The Hall–Kier alpha value is -3.03. The molecule has 3 rings (SSSR count). The van der Waals surface area contributed by atoms with E-state index in [4.69, 9.17) is 5.73 Å². The predicted octanol–water partition coefficient (Wildman–Crippen LogP) is 1.83. The summed E-state index contributed by atoms with van der Waals surface area (Å²) in [7, 11) is 0. The molecule has 0 unspecified atom stereocenters. The van der Waals surface area contributed by atoms with Crippen LogP contribution in [0.3, 0.4) is 0 Å². The van der Waals surface area contributed by atoms with Crippen LogP contribution in [0.15, 0.2) is 36.7 Å². The Bertz CT molecular complexity index is 770. The predicted molar refractivity (Wildman–Crippen MR) is 75.8 cm³/mol. The number of halogens is 1. The van der Waals surface area contributed by atoms with Crippen LogP contribution in [0.2, 0.25) is 0 Å². The Morgan fingerprint density at radius 3 is 2.86 bits per heavy atom. The molecule has 2 heterocycles. The van der Waals surface area contributed by atoms with Crippen LogP contribution in [0.25, 0.3) is 5.95 Å². The fourth-order valence-corrected chi connectivity index (χ4v) is 1.78. The highest BCUT2D eigenvalue weighted by molar-refractivity contribution is 5.58. The van der Waals surface area contributed by atoms with Gasteiger partial charge in [-0.2, -0.15) is 20.1 Å². The molecule has 0 saturated carbocycles. The number of nitrogens with two attached hydrogens (primary N) is 1. The van der Waals surface area contributed by atoms with E-state index in [-0.39, 0.29) is 23.7 Å². The number of benzene rings is 1. The number of rotatable bonds is 3. The molecule has 7 nitrogen and oxygen atoms in total. The molecular formula is C13H12FN7. The molecule has 0 amide bonds. The lowest BCUT2D eigenvalue weighted by atomic mass is 10.2. The van der Waals surface area contributed by atoms with E-state index in [1.165, 1.54) is 16.8 Å². The van der Waals surface area contributed by atoms with Gasteiger partial charge in [0.2, 0.25) is 11.9 Å². The average molecular weight is 285 g/mol. The molecule has 2 aromatic heterocycles. The zero-order valence-corrected chi connectivity index (χ0v) is 11.2. The van der Waals surface area contributed by atoms with Gasteiger partial charge in [-0.05, 0) is 30.7 Å². The molecule has 3 N–H and O–H groups in total. The van der Waals surface area contributed by atoms with Crippen LogP contribution in [0.5, 0.6) is 0 Å². The van der Waals surface area contributed by atoms with Crippen LogP contribution in [0.4, 0.5) is 22.0 Å². The molecule has 0 saturated heterocycles. The first-order chi connectivity index (χ1) is 10.1. The largest absolute Gasteiger partial charge is 0.368 e. The van der Waals surface area contributed by atoms with Gasteiger partial charge in [0.25, 0.3) is 5.95 Å². The number of hydrogen-bond donors (Lipinski definition) is 2. The van der Waals surface area contributed by atoms with Crippen molar-refractivity contribution in [3.8, 4) is 5.95 Å². The SMILES string of the molecule is Cc1ccc(F)cc1Nc1nc(N)nc(-n2cccn2)n1. The first-order valence-corrected chi connectivity index (χ1v) is 6.16. The summed E-state index contributed by atoms with van der Waals surface area (Å²) < 4.78 is 14.8. The molecule has 0 spiro atoms. The second-order valence-electron chi connectivity index (χ2n) is 4.35. The van der Waals surface area contributed by atoms with Crippen molar-refractivity contribution in [1.29, 1.82) is 0 Å². The summed E-state index contributed by atoms with van der Waals surface area (Å²) in [6.07, 6.45) is 3.29. The third-order valence-corrected chi connectivity index (χ3v) is 2.80. The van der Waals surface area contributed by atoms with Gasteiger partial charge >= 0.3 is 0 Å². The van der Waals surface area contributed by atoms with Crippen molar-refractivity contribution < 1.29 is 4.39 Å². The maximum Gasteiger partial charge on any atom is 0.257 e. The van der Waals surface area contributed by atoms with Gasteiger partial charge in [0.1, 0.15) is 5.82 Å². The number of nitrogen functional groups attached to an aromatic ring is 1. The smallest absolute Gasteiger partial charge is 0.257 e. The molecule has 3 aromatic rings. The van der Waals surface area contributed by atoms with Gasteiger partial charge in [-0.3, -0.25) is 0 Å². The summed E-state index contributed by atoms with van der Waals surface area (Å²) >= 11 is 0. The quantitative estimate of drug-likeness (QED) is 0.762. The number of hydrogen-bond acceptors (Lipinski definition) is 6. The second-order valence-corrected chi connectivity index (χ2v) is 4.35. The van der Waals surface area contributed by atoms with E-state index in [0.717, 1.165) is 5.56 Å². The molecule has 21 heavy (non-hydrogen) atoms. The van der Waals surface area contributed by atoms with Crippen LogP contribution in [0.1, 0.15) is 5.56 Å². The van der Waals surface area contributed by atoms with E-state index in [9.17, 15) is 4.39 Å². The average Bonchev–Trinajstić information content (AvgIpc) is 2.96. The second kappa shape index (κ2) is 5.16. The molecule has 0 aliphatic rings. The van der Waals surface area contributed by atoms with Crippen molar-refractivity contribution in [2.24, 2.45) is 0 Å². The van der Waals surface area contributed by atoms with Crippen molar-refractivity contribution in [2.75, 3.05) is 11.1 Å². The summed E-state index contributed by atoms with van der Waals surface area (Å²) in [6, 6.07) is 6.15. The van der Waals surface area contributed by atoms with Crippen LogP contribution in [-0.4, -0.2) is 24.7 Å². The normalized spacial score (nSPS) is 10.6. The van der Waals surface area contributed by atoms with E-state index in [0.29, 0.717) is 5.69 Å². The number of nitrogens with zero attached hydrogens (tertiary/aromatic N) is 5. The maximum atomic E-state index is 13.3. The standard InChI is InChI=1S/C13H12FN7/c1-8-3-4-9(14)7-10(8)17-12-18-11(15)19-13(20-12)21-6-2-5-16-21/h2-7H,1H3,(H3,15,17,18,19,20). The van der Waals surface area contributed by atoms with Crippen LogP contribution in [-0.2, 0) is 0 Å². The topological polar surface area (TPSA) is 94.5 Å². The molecule has 8 heteroatoms. The first-order valence-electron chi connectivity index (χ1n) is 6.16. The minimum atomic E-state index is -0.350. The Balaban J connectivity index is 1.97. The lowest BCUT2D eigenvalue weighted by Crippen LogP contribution is -2.09. The third kappa shape index (κ3) is 2.78. The maximum absolute atomic E-state index is 13.3. The van der Waals surface area contributed by atoms with Crippen molar-refractivity contribution in [1.82, 2.24) is 24.7 Å². The third-order valence-electron chi connectivity index (χ3n) is 2.80. The summed E-state index contributed by atoms with van der Waals surface area (Å²) in [5.41, 5.74) is 7.09. The van der Waals surface area contributed by atoms with E-state index in [1.807, 2.05) is 6.92 Å².